The fourth-order valence-corrected chi connectivity index (χ4v) is 3.04. The van der Waals surface area contributed by atoms with E-state index in [9.17, 15) is 4.79 Å². The van der Waals surface area contributed by atoms with E-state index in [-0.39, 0.29) is 5.91 Å². The zero-order valence-corrected chi connectivity index (χ0v) is 13.2. The average molecular weight is 289 g/mol. The molecule has 116 valence electrons. The molecule has 1 aromatic carbocycles. The number of nitrogen functional groups attached to an aromatic ring is 1. The quantitative estimate of drug-likeness (QED) is 0.815. The summed E-state index contributed by atoms with van der Waals surface area (Å²) in [6.45, 7) is 6.24. The van der Waals surface area contributed by atoms with Crippen molar-refractivity contribution in [2.24, 2.45) is 5.92 Å². The Labute approximate surface area is 127 Å². The molecule has 0 bridgehead atoms. The maximum absolute atomic E-state index is 12.3. The summed E-state index contributed by atoms with van der Waals surface area (Å²) in [6, 6.07) is 7.59. The van der Waals surface area contributed by atoms with Gasteiger partial charge in [-0.2, -0.15) is 0 Å². The van der Waals surface area contributed by atoms with E-state index in [1.54, 1.807) is 0 Å². The van der Waals surface area contributed by atoms with Crippen LogP contribution < -0.4 is 5.73 Å². The number of nitrogens with two attached hydrogens (primary N) is 1. The van der Waals surface area contributed by atoms with Crippen molar-refractivity contribution in [1.29, 1.82) is 0 Å². The molecule has 1 aliphatic heterocycles. The maximum atomic E-state index is 12.3. The molecule has 1 atom stereocenters. The lowest BCUT2D eigenvalue weighted by Gasteiger charge is -2.21. The molecule has 21 heavy (non-hydrogen) atoms. The summed E-state index contributed by atoms with van der Waals surface area (Å²) in [4.78, 5) is 16.7. The van der Waals surface area contributed by atoms with Crippen LogP contribution in [0.1, 0.15) is 25.3 Å². The lowest BCUT2D eigenvalue weighted by Crippen LogP contribution is -2.32. The summed E-state index contributed by atoms with van der Waals surface area (Å²) in [5.41, 5.74) is 7.45. The van der Waals surface area contributed by atoms with Gasteiger partial charge in [-0.25, -0.2) is 0 Å². The molecule has 4 nitrogen and oxygen atoms in total. The summed E-state index contributed by atoms with van der Waals surface area (Å²) in [7, 11) is 2.17. The lowest BCUT2D eigenvalue weighted by atomic mass is 10.1. The van der Waals surface area contributed by atoms with Crippen LogP contribution in [0.3, 0.4) is 0 Å². The van der Waals surface area contributed by atoms with Gasteiger partial charge in [-0.3, -0.25) is 4.79 Å². The predicted octanol–water partition coefficient (Wildman–Crippen LogP) is 2.00. The second kappa shape index (κ2) is 7.46. The molecule has 4 heteroatoms. The minimum absolute atomic E-state index is 0.236. The van der Waals surface area contributed by atoms with Gasteiger partial charge in [0.1, 0.15) is 0 Å². The number of hydrogen-bond donors (Lipinski definition) is 1. The molecule has 1 saturated heterocycles. The van der Waals surface area contributed by atoms with E-state index in [0.717, 1.165) is 43.9 Å². The number of amides is 1. The standard InChI is InChI=1S/C17H27N3O/c1-3-9-19(2)12-15-8-10-20(13-15)17(21)11-14-4-6-16(18)7-5-14/h4-7,15H,3,8-13,18H2,1-2H3. The summed E-state index contributed by atoms with van der Waals surface area (Å²) < 4.78 is 0. The fourth-order valence-electron chi connectivity index (χ4n) is 3.04. The van der Waals surface area contributed by atoms with E-state index >= 15 is 0 Å². The number of carbonyl (C=O) groups is 1. The SMILES string of the molecule is CCCN(C)CC1CCN(C(=O)Cc2ccc(N)cc2)C1. The Morgan fingerprint density at radius 2 is 2.10 bits per heavy atom. The Balaban J connectivity index is 1.80. The molecule has 2 N–H and O–H groups in total. The van der Waals surface area contributed by atoms with Gasteiger partial charge in [0, 0.05) is 25.3 Å². The van der Waals surface area contributed by atoms with Crippen LogP contribution in [0.2, 0.25) is 0 Å². The fraction of sp³-hybridized carbons (Fsp3) is 0.588. The molecule has 1 amide bonds. The van der Waals surface area contributed by atoms with Crippen LogP contribution in [-0.4, -0.2) is 48.9 Å². The summed E-state index contributed by atoms with van der Waals surface area (Å²) >= 11 is 0. The third-order valence-electron chi connectivity index (χ3n) is 4.15. The number of nitrogens with zero attached hydrogens (tertiary/aromatic N) is 2. The van der Waals surface area contributed by atoms with Gasteiger partial charge in [-0.1, -0.05) is 19.1 Å². The molecule has 1 aliphatic rings. The van der Waals surface area contributed by atoms with E-state index in [4.69, 9.17) is 5.73 Å². The average Bonchev–Trinajstić information content (AvgIpc) is 2.90. The maximum Gasteiger partial charge on any atom is 0.226 e. The van der Waals surface area contributed by atoms with Crippen molar-refractivity contribution in [2.75, 3.05) is 39.0 Å². The number of benzene rings is 1. The number of carbonyl (C=O) groups excluding carboxylic acids is 1. The van der Waals surface area contributed by atoms with Crippen molar-refractivity contribution >= 4 is 11.6 Å². The van der Waals surface area contributed by atoms with Gasteiger partial charge in [0.2, 0.25) is 5.91 Å². The largest absolute Gasteiger partial charge is 0.399 e. The molecular weight excluding hydrogens is 262 g/mol. The first-order valence-electron chi connectivity index (χ1n) is 7.89. The monoisotopic (exact) mass is 289 g/mol. The lowest BCUT2D eigenvalue weighted by molar-refractivity contribution is -0.129. The molecule has 2 rings (SSSR count). The minimum atomic E-state index is 0.236. The van der Waals surface area contributed by atoms with Crippen LogP contribution >= 0.6 is 0 Å². The van der Waals surface area contributed by atoms with E-state index in [1.165, 1.54) is 6.42 Å². The Morgan fingerprint density at radius 1 is 1.38 bits per heavy atom. The van der Waals surface area contributed by atoms with E-state index < -0.39 is 0 Å². The Kier molecular flexibility index (Phi) is 5.62. The van der Waals surface area contributed by atoms with Crippen LogP contribution in [0.15, 0.2) is 24.3 Å². The highest BCUT2D eigenvalue weighted by Gasteiger charge is 2.26. The second-order valence-electron chi connectivity index (χ2n) is 6.18. The normalized spacial score (nSPS) is 18.4. The van der Waals surface area contributed by atoms with Crippen molar-refractivity contribution in [3.05, 3.63) is 29.8 Å². The molecule has 0 saturated carbocycles. The van der Waals surface area contributed by atoms with Crippen LogP contribution in [0.5, 0.6) is 0 Å². The van der Waals surface area contributed by atoms with Gasteiger partial charge < -0.3 is 15.5 Å². The zero-order chi connectivity index (χ0) is 15.2. The van der Waals surface area contributed by atoms with Crippen LogP contribution in [-0.2, 0) is 11.2 Å². The summed E-state index contributed by atoms with van der Waals surface area (Å²) in [5.74, 6) is 0.859. The first-order valence-corrected chi connectivity index (χ1v) is 7.89. The van der Waals surface area contributed by atoms with E-state index in [1.807, 2.05) is 29.2 Å². The first-order chi connectivity index (χ1) is 10.1. The van der Waals surface area contributed by atoms with Gasteiger partial charge in [0.05, 0.1) is 6.42 Å². The second-order valence-corrected chi connectivity index (χ2v) is 6.18. The van der Waals surface area contributed by atoms with Crippen molar-refractivity contribution in [2.45, 2.75) is 26.2 Å². The van der Waals surface area contributed by atoms with Crippen molar-refractivity contribution < 1.29 is 4.79 Å². The van der Waals surface area contributed by atoms with Crippen molar-refractivity contribution in [3.63, 3.8) is 0 Å². The van der Waals surface area contributed by atoms with Gasteiger partial charge >= 0.3 is 0 Å². The molecular formula is C17H27N3O. The highest BCUT2D eigenvalue weighted by atomic mass is 16.2. The van der Waals surface area contributed by atoms with E-state index in [0.29, 0.717) is 12.3 Å². The van der Waals surface area contributed by atoms with Gasteiger partial charge in [0.15, 0.2) is 0 Å². The third-order valence-corrected chi connectivity index (χ3v) is 4.15. The van der Waals surface area contributed by atoms with Gasteiger partial charge in [-0.05, 0) is 50.0 Å². The highest BCUT2D eigenvalue weighted by molar-refractivity contribution is 5.79. The topological polar surface area (TPSA) is 49.6 Å². The molecule has 1 unspecified atom stereocenters. The zero-order valence-electron chi connectivity index (χ0n) is 13.2. The molecule has 1 fully saturated rings. The molecule has 1 heterocycles. The third kappa shape index (κ3) is 4.74. The van der Waals surface area contributed by atoms with Crippen molar-refractivity contribution in [3.8, 4) is 0 Å². The smallest absolute Gasteiger partial charge is 0.226 e. The summed E-state index contributed by atoms with van der Waals surface area (Å²) in [6.07, 6.45) is 2.79. The molecule has 0 spiro atoms. The van der Waals surface area contributed by atoms with Crippen LogP contribution in [0.25, 0.3) is 0 Å². The Morgan fingerprint density at radius 3 is 2.76 bits per heavy atom. The number of hydrogen-bond acceptors (Lipinski definition) is 3. The number of anilines is 1. The van der Waals surface area contributed by atoms with Gasteiger partial charge in [-0.15, -0.1) is 0 Å². The van der Waals surface area contributed by atoms with Crippen molar-refractivity contribution in [1.82, 2.24) is 9.80 Å². The molecule has 1 aromatic rings. The van der Waals surface area contributed by atoms with Gasteiger partial charge in [0.25, 0.3) is 0 Å². The highest BCUT2D eigenvalue weighted by Crippen LogP contribution is 2.18. The number of likely N-dealkylation sites (tertiary alicyclic amines) is 1. The minimum Gasteiger partial charge on any atom is -0.399 e. The Hall–Kier alpha value is -1.55. The Bertz CT molecular complexity index is 458. The van der Waals surface area contributed by atoms with Crippen LogP contribution in [0, 0.1) is 5.92 Å². The number of rotatable bonds is 6. The van der Waals surface area contributed by atoms with Crippen LogP contribution in [0.4, 0.5) is 5.69 Å². The first kappa shape index (κ1) is 15.8. The predicted molar refractivity (Wildman–Crippen MR) is 87.0 cm³/mol. The van der Waals surface area contributed by atoms with E-state index in [2.05, 4.69) is 18.9 Å². The summed E-state index contributed by atoms with van der Waals surface area (Å²) in [5, 5.41) is 0. The molecule has 0 radical (unpaired) electrons. The molecule has 0 aliphatic carbocycles. The molecule has 0 aromatic heterocycles.